The van der Waals surface area contributed by atoms with Crippen LogP contribution in [0.25, 0.3) is 0 Å². The molecule has 30 heavy (non-hydrogen) atoms. The van der Waals surface area contributed by atoms with E-state index in [1.807, 2.05) is 49.1 Å². The SMILES string of the molecule is COc1ccccc1C(=O)N1C(C(=O)Nc2cccc(C)c2C)CC2CCCCC21. The van der Waals surface area contributed by atoms with E-state index in [4.69, 9.17) is 4.74 Å². The second-order valence-corrected chi connectivity index (χ2v) is 8.51. The summed E-state index contributed by atoms with van der Waals surface area (Å²) in [6.45, 7) is 4.05. The average Bonchev–Trinajstić information content (AvgIpc) is 3.16. The lowest BCUT2D eigenvalue weighted by atomic mass is 9.84. The predicted molar refractivity (Wildman–Crippen MR) is 118 cm³/mol. The van der Waals surface area contributed by atoms with Crippen LogP contribution in [0.2, 0.25) is 0 Å². The molecular weight excluding hydrogens is 376 g/mol. The fourth-order valence-corrected chi connectivity index (χ4v) is 5.05. The van der Waals surface area contributed by atoms with Gasteiger partial charge in [0.05, 0.1) is 12.7 Å². The number of ether oxygens (including phenoxy) is 1. The van der Waals surface area contributed by atoms with Crippen LogP contribution in [-0.4, -0.2) is 35.9 Å². The summed E-state index contributed by atoms with van der Waals surface area (Å²) in [5, 5.41) is 3.10. The van der Waals surface area contributed by atoms with Crippen molar-refractivity contribution in [3.05, 3.63) is 59.2 Å². The van der Waals surface area contributed by atoms with Crippen LogP contribution >= 0.6 is 0 Å². The third-order valence-electron chi connectivity index (χ3n) is 6.83. The van der Waals surface area contributed by atoms with E-state index < -0.39 is 6.04 Å². The van der Waals surface area contributed by atoms with Crippen LogP contribution in [0.4, 0.5) is 5.69 Å². The quantitative estimate of drug-likeness (QED) is 0.799. The lowest BCUT2D eigenvalue weighted by Crippen LogP contribution is -2.48. The van der Waals surface area contributed by atoms with Crippen LogP contribution in [0.3, 0.4) is 0 Å². The summed E-state index contributed by atoms with van der Waals surface area (Å²) in [6, 6.07) is 12.8. The first-order valence-electron chi connectivity index (χ1n) is 10.8. The van der Waals surface area contributed by atoms with Gasteiger partial charge < -0.3 is 15.0 Å². The molecule has 0 spiro atoms. The highest BCUT2D eigenvalue weighted by Crippen LogP contribution is 2.41. The molecule has 1 N–H and O–H groups in total. The molecule has 2 aromatic carbocycles. The summed E-state index contributed by atoms with van der Waals surface area (Å²) in [6.07, 6.45) is 5.03. The van der Waals surface area contributed by atoms with Gasteiger partial charge in [-0.25, -0.2) is 0 Å². The Balaban J connectivity index is 1.65. The van der Waals surface area contributed by atoms with Gasteiger partial charge >= 0.3 is 0 Å². The van der Waals surface area contributed by atoms with Gasteiger partial charge in [-0.05, 0) is 68.4 Å². The van der Waals surface area contributed by atoms with E-state index >= 15 is 0 Å². The van der Waals surface area contributed by atoms with Crippen molar-refractivity contribution in [1.29, 1.82) is 0 Å². The number of carbonyl (C=O) groups is 2. The third kappa shape index (κ3) is 3.69. The van der Waals surface area contributed by atoms with Crippen molar-refractivity contribution in [3.63, 3.8) is 0 Å². The maximum atomic E-state index is 13.6. The second kappa shape index (κ2) is 8.50. The molecule has 0 radical (unpaired) electrons. The van der Waals surface area contributed by atoms with Crippen LogP contribution in [0, 0.1) is 19.8 Å². The minimum absolute atomic E-state index is 0.0960. The Kier molecular flexibility index (Phi) is 5.80. The van der Waals surface area contributed by atoms with Crippen molar-refractivity contribution in [2.75, 3.05) is 12.4 Å². The van der Waals surface area contributed by atoms with Crippen molar-refractivity contribution in [3.8, 4) is 5.75 Å². The molecule has 3 unspecified atom stereocenters. The van der Waals surface area contributed by atoms with Crippen molar-refractivity contribution in [2.45, 2.75) is 58.0 Å². The molecule has 4 rings (SSSR count). The van der Waals surface area contributed by atoms with Crippen LogP contribution < -0.4 is 10.1 Å². The summed E-state index contributed by atoms with van der Waals surface area (Å²) >= 11 is 0. The first-order valence-corrected chi connectivity index (χ1v) is 10.8. The number of nitrogens with zero attached hydrogens (tertiary/aromatic N) is 1. The van der Waals surface area contributed by atoms with E-state index in [0.29, 0.717) is 17.2 Å². The summed E-state index contributed by atoms with van der Waals surface area (Å²) in [4.78, 5) is 28.9. The lowest BCUT2D eigenvalue weighted by molar-refractivity contribution is -0.120. The Bertz CT molecular complexity index is 955. The summed E-state index contributed by atoms with van der Waals surface area (Å²) in [7, 11) is 1.57. The highest BCUT2D eigenvalue weighted by molar-refractivity contribution is 6.03. The second-order valence-electron chi connectivity index (χ2n) is 8.51. The Hall–Kier alpha value is -2.82. The van der Waals surface area contributed by atoms with E-state index in [1.54, 1.807) is 19.2 Å². The first-order chi connectivity index (χ1) is 14.5. The van der Waals surface area contributed by atoms with E-state index in [-0.39, 0.29) is 17.9 Å². The number of anilines is 1. The first kappa shape index (κ1) is 20.5. The summed E-state index contributed by atoms with van der Waals surface area (Å²) in [5.41, 5.74) is 3.54. The zero-order valence-electron chi connectivity index (χ0n) is 18.0. The molecule has 5 heteroatoms. The van der Waals surface area contributed by atoms with Crippen molar-refractivity contribution >= 4 is 17.5 Å². The van der Waals surface area contributed by atoms with Gasteiger partial charge in [0.2, 0.25) is 5.91 Å². The van der Waals surface area contributed by atoms with Gasteiger partial charge in [-0.15, -0.1) is 0 Å². The molecule has 3 atom stereocenters. The van der Waals surface area contributed by atoms with Crippen LogP contribution in [0.1, 0.15) is 53.6 Å². The topological polar surface area (TPSA) is 58.6 Å². The molecule has 158 valence electrons. The van der Waals surface area contributed by atoms with Gasteiger partial charge in [-0.2, -0.15) is 0 Å². The molecule has 1 aliphatic heterocycles. The Morgan fingerprint density at radius 2 is 1.80 bits per heavy atom. The highest BCUT2D eigenvalue weighted by Gasteiger charge is 2.48. The number of aryl methyl sites for hydroxylation is 1. The molecule has 2 aliphatic rings. The number of hydrogen-bond acceptors (Lipinski definition) is 3. The largest absolute Gasteiger partial charge is 0.496 e. The van der Waals surface area contributed by atoms with Crippen LogP contribution in [-0.2, 0) is 4.79 Å². The average molecular weight is 407 g/mol. The molecule has 0 aromatic heterocycles. The molecule has 5 nitrogen and oxygen atoms in total. The molecular formula is C25H30N2O3. The molecule has 1 aliphatic carbocycles. The zero-order chi connectivity index (χ0) is 21.3. The van der Waals surface area contributed by atoms with Gasteiger partial charge in [-0.1, -0.05) is 37.1 Å². The smallest absolute Gasteiger partial charge is 0.258 e. The Morgan fingerprint density at radius 3 is 2.60 bits per heavy atom. The molecule has 0 bridgehead atoms. The normalized spacial score (nSPS) is 23.0. The van der Waals surface area contributed by atoms with Crippen LogP contribution in [0.5, 0.6) is 5.75 Å². The highest BCUT2D eigenvalue weighted by atomic mass is 16.5. The number of nitrogens with one attached hydrogen (secondary N) is 1. The standard InChI is InChI=1S/C25H30N2O3/c1-16-9-8-12-20(17(16)2)26-24(28)22-15-18-10-4-6-13-21(18)27(22)25(29)19-11-5-7-14-23(19)30-3/h5,7-9,11-12,14,18,21-22H,4,6,10,13,15H2,1-3H3,(H,26,28). The van der Waals surface area contributed by atoms with E-state index in [0.717, 1.165) is 42.5 Å². The molecule has 1 heterocycles. The summed E-state index contributed by atoms with van der Waals surface area (Å²) < 4.78 is 5.43. The number of rotatable bonds is 4. The monoisotopic (exact) mass is 406 g/mol. The van der Waals surface area contributed by atoms with Crippen molar-refractivity contribution in [2.24, 2.45) is 5.92 Å². The lowest BCUT2D eigenvalue weighted by Gasteiger charge is -2.34. The number of carbonyl (C=O) groups excluding carboxylic acids is 2. The fraction of sp³-hybridized carbons (Fsp3) is 0.440. The molecule has 2 amide bonds. The Labute approximate surface area is 178 Å². The third-order valence-corrected chi connectivity index (χ3v) is 6.83. The number of amides is 2. The minimum Gasteiger partial charge on any atom is -0.496 e. The van der Waals surface area contributed by atoms with Crippen molar-refractivity contribution in [1.82, 2.24) is 4.90 Å². The number of hydrogen-bond donors (Lipinski definition) is 1. The minimum atomic E-state index is -0.463. The Morgan fingerprint density at radius 1 is 1.03 bits per heavy atom. The van der Waals surface area contributed by atoms with Gasteiger partial charge in [0.15, 0.2) is 0 Å². The van der Waals surface area contributed by atoms with Gasteiger partial charge in [-0.3, -0.25) is 9.59 Å². The number of fused-ring (bicyclic) bond motifs is 1. The molecule has 1 saturated carbocycles. The summed E-state index contributed by atoms with van der Waals surface area (Å²) in [5.74, 6) is 0.728. The number of methoxy groups -OCH3 is 1. The maximum absolute atomic E-state index is 13.6. The number of benzene rings is 2. The molecule has 2 aromatic rings. The zero-order valence-corrected chi connectivity index (χ0v) is 18.0. The van der Waals surface area contributed by atoms with Gasteiger partial charge in [0.1, 0.15) is 11.8 Å². The van der Waals surface area contributed by atoms with Crippen LogP contribution in [0.15, 0.2) is 42.5 Å². The molecule has 2 fully saturated rings. The predicted octanol–water partition coefficient (Wildman–Crippen LogP) is 4.72. The van der Waals surface area contributed by atoms with E-state index in [2.05, 4.69) is 5.32 Å². The van der Waals surface area contributed by atoms with Crippen molar-refractivity contribution < 1.29 is 14.3 Å². The molecule has 1 saturated heterocycles. The van der Waals surface area contributed by atoms with Gasteiger partial charge in [0, 0.05) is 11.7 Å². The van der Waals surface area contributed by atoms with E-state index in [1.165, 1.54) is 6.42 Å². The fourth-order valence-electron chi connectivity index (χ4n) is 5.05. The number of para-hydroxylation sites is 1. The van der Waals surface area contributed by atoms with Gasteiger partial charge in [0.25, 0.3) is 5.91 Å². The van der Waals surface area contributed by atoms with E-state index in [9.17, 15) is 9.59 Å². The number of likely N-dealkylation sites (tertiary alicyclic amines) is 1. The maximum Gasteiger partial charge on any atom is 0.258 e.